The highest BCUT2D eigenvalue weighted by molar-refractivity contribution is 5.97. The molecule has 1 heterocycles. The molecule has 0 atom stereocenters. The molecule has 3 aromatic rings. The van der Waals surface area contributed by atoms with E-state index >= 15 is 0 Å². The molecule has 0 spiro atoms. The Morgan fingerprint density at radius 1 is 1.00 bits per heavy atom. The molecular weight excluding hydrogens is 368 g/mol. The molecule has 29 heavy (non-hydrogen) atoms. The van der Waals surface area contributed by atoms with E-state index in [1.807, 2.05) is 31.2 Å². The standard InChI is InChI=1S/C22H22N4O3/c1-14-7-6-8-16(11-14)13-23-21(27)19-12-20(25-15(2)24-19)26-18-10-5-4-9-17(18)22(28)29-3/h4-12H,13H2,1-3H3,(H,23,27)(H,24,25,26). The van der Waals surface area contributed by atoms with E-state index in [0.717, 1.165) is 11.1 Å². The van der Waals surface area contributed by atoms with Gasteiger partial charge in [0.1, 0.15) is 17.3 Å². The van der Waals surface area contributed by atoms with Crippen LogP contribution in [-0.4, -0.2) is 29.0 Å². The number of rotatable bonds is 6. The first-order valence-electron chi connectivity index (χ1n) is 9.10. The predicted octanol–water partition coefficient (Wildman–Crippen LogP) is 3.55. The van der Waals surface area contributed by atoms with E-state index in [9.17, 15) is 9.59 Å². The van der Waals surface area contributed by atoms with Crippen LogP contribution in [0, 0.1) is 13.8 Å². The molecule has 0 bridgehead atoms. The van der Waals surface area contributed by atoms with Crippen LogP contribution in [0.3, 0.4) is 0 Å². The molecule has 7 heteroatoms. The van der Waals surface area contributed by atoms with Gasteiger partial charge in [0.15, 0.2) is 0 Å². The summed E-state index contributed by atoms with van der Waals surface area (Å²) in [6.07, 6.45) is 0. The lowest BCUT2D eigenvalue weighted by atomic mass is 10.1. The third kappa shape index (κ3) is 5.16. The fraction of sp³-hybridized carbons (Fsp3) is 0.182. The van der Waals surface area contributed by atoms with Crippen LogP contribution in [-0.2, 0) is 11.3 Å². The molecular formula is C22H22N4O3. The summed E-state index contributed by atoms with van der Waals surface area (Å²) in [6.45, 7) is 4.11. The Balaban J connectivity index is 1.78. The number of esters is 1. The van der Waals surface area contributed by atoms with Gasteiger partial charge in [-0.2, -0.15) is 0 Å². The Morgan fingerprint density at radius 3 is 2.55 bits per heavy atom. The normalized spacial score (nSPS) is 10.3. The number of hydrogen-bond acceptors (Lipinski definition) is 6. The zero-order valence-corrected chi connectivity index (χ0v) is 16.5. The second kappa shape index (κ2) is 8.97. The van der Waals surface area contributed by atoms with Crippen LogP contribution in [0.1, 0.15) is 37.8 Å². The van der Waals surface area contributed by atoms with Crippen molar-refractivity contribution in [2.24, 2.45) is 0 Å². The molecule has 7 nitrogen and oxygen atoms in total. The summed E-state index contributed by atoms with van der Waals surface area (Å²) in [6, 6.07) is 16.4. The van der Waals surface area contributed by atoms with E-state index in [1.54, 1.807) is 37.3 Å². The van der Waals surface area contributed by atoms with Gasteiger partial charge in [-0.25, -0.2) is 14.8 Å². The average molecular weight is 390 g/mol. The van der Waals surface area contributed by atoms with Gasteiger partial charge < -0.3 is 15.4 Å². The molecule has 0 fully saturated rings. The Kier molecular flexibility index (Phi) is 6.19. The topological polar surface area (TPSA) is 93.2 Å². The van der Waals surface area contributed by atoms with E-state index < -0.39 is 5.97 Å². The fourth-order valence-corrected chi connectivity index (χ4v) is 2.86. The molecule has 1 amide bonds. The number of nitrogens with one attached hydrogen (secondary N) is 2. The second-order valence-corrected chi connectivity index (χ2v) is 6.52. The van der Waals surface area contributed by atoms with Gasteiger partial charge in [0.2, 0.25) is 0 Å². The van der Waals surface area contributed by atoms with E-state index in [0.29, 0.717) is 29.4 Å². The largest absolute Gasteiger partial charge is 0.465 e. The summed E-state index contributed by atoms with van der Waals surface area (Å²) in [5.74, 6) is 0.0807. The van der Waals surface area contributed by atoms with E-state index in [1.165, 1.54) is 7.11 Å². The Hall–Kier alpha value is -3.74. The van der Waals surface area contributed by atoms with Crippen molar-refractivity contribution < 1.29 is 14.3 Å². The minimum atomic E-state index is -0.463. The third-order valence-electron chi connectivity index (χ3n) is 4.20. The number of carbonyl (C=O) groups is 2. The maximum atomic E-state index is 12.6. The number of amides is 1. The molecule has 0 aliphatic carbocycles. The minimum absolute atomic E-state index is 0.239. The zero-order valence-electron chi connectivity index (χ0n) is 16.5. The van der Waals surface area contributed by atoms with Crippen molar-refractivity contribution in [3.63, 3.8) is 0 Å². The zero-order chi connectivity index (χ0) is 20.8. The Labute approximate surface area is 169 Å². The first-order valence-corrected chi connectivity index (χ1v) is 9.10. The molecule has 0 aliphatic rings. The van der Waals surface area contributed by atoms with E-state index in [4.69, 9.17) is 4.74 Å². The summed E-state index contributed by atoms with van der Waals surface area (Å²) in [5, 5.41) is 5.94. The molecule has 3 rings (SSSR count). The fourth-order valence-electron chi connectivity index (χ4n) is 2.86. The number of ether oxygens (including phenoxy) is 1. The van der Waals surface area contributed by atoms with Gasteiger partial charge in [0.05, 0.1) is 18.4 Å². The average Bonchev–Trinajstić information content (AvgIpc) is 2.71. The number of methoxy groups -OCH3 is 1. The molecule has 0 radical (unpaired) electrons. The van der Waals surface area contributed by atoms with E-state index in [-0.39, 0.29) is 11.6 Å². The first-order chi connectivity index (χ1) is 14.0. The number of para-hydroxylation sites is 1. The van der Waals surface area contributed by atoms with Crippen LogP contribution in [0.2, 0.25) is 0 Å². The van der Waals surface area contributed by atoms with Crippen LogP contribution < -0.4 is 10.6 Å². The van der Waals surface area contributed by atoms with Crippen molar-refractivity contribution in [1.29, 1.82) is 0 Å². The van der Waals surface area contributed by atoms with Crippen LogP contribution in [0.15, 0.2) is 54.6 Å². The predicted molar refractivity (Wildman–Crippen MR) is 110 cm³/mol. The van der Waals surface area contributed by atoms with Gasteiger partial charge in [0, 0.05) is 12.6 Å². The van der Waals surface area contributed by atoms with Gasteiger partial charge >= 0.3 is 5.97 Å². The minimum Gasteiger partial charge on any atom is -0.465 e. The van der Waals surface area contributed by atoms with Crippen molar-refractivity contribution >= 4 is 23.4 Å². The monoisotopic (exact) mass is 390 g/mol. The number of nitrogens with zero attached hydrogens (tertiary/aromatic N) is 2. The van der Waals surface area contributed by atoms with Gasteiger partial charge in [-0.1, -0.05) is 42.0 Å². The quantitative estimate of drug-likeness (QED) is 0.625. The summed E-state index contributed by atoms with van der Waals surface area (Å²) in [7, 11) is 1.32. The summed E-state index contributed by atoms with van der Waals surface area (Å²) in [4.78, 5) is 33.1. The third-order valence-corrected chi connectivity index (χ3v) is 4.20. The van der Waals surface area contributed by atoms with Gasteiger partial charge in [-0.05, 0) is 31.5 Å². The molecule has 0 saturated carbocycles. The van der Waals surface area contributed by atoms with Gasteiger partial charge in [-0.3, -0.25) is 4.79 Å². The van der Waals surface area contributed by atoms with Crippen molar-refractivity contribution in [2.75, 3.05) is 12.4 Å². The highest BCUT2D eigenvalue weighted by Crippen LogP contribution is 2.21. The first kappa shape index (κ1) is 20.0. The summed E-state index contributed by atoms with van der Waals surface area (Å²) in [5.41, 5.74) is 3.28. The molecule has 1 aromatic heterocycles. The van der Waals surface area contributed by atoms with Crippen LogP contribution >= 0.6 is 0 Å². The Morgan fingerprint density at radius 2 is 1.79 bits per heavy atom. The van der Waals surface area contributed by atoms with E-state index in [2.05, 4.69) is 20.6 Å². The van der Waals surface area contributed by atoms with Crippen LogP contribution in [0.4, 0.5) is 11.5 Å². The SMILES string of the molecule is COC(=O)c1ccccc1Nc1cc(C(=O)NCc2cccc(C)c2)nc(C)n1. The molecule has 148 valence electrons. The number of carbonyl (C=O) groups excluding carboxylic acids is 2. The number of anilines is 2. The lowest BCUT2D eigenvalue weighted by Gasteiger charge is -2.12. The smallest absolute Gasteiger partial charge is 0.339 e. The van der Waals surface area contributed by atoms with Crippen molar-refractivity contribution in [3.8, 4) is 0 Å². The second-order valence-electron chi connectivity index (χ2n) is 6.52. The highest BCUT2D eigenvalue weighted by Gasteiger charge is 2.14. The van der Waals surface area contributed by atoms with Gasteiger partial charge in [-0.15, -0.1) is 0 Å². The van der Waals surface area contributed by atoms with Gasteiger partial charge in [0.25, 0.3) is 5.91 Å². The molecule has 2 N–H and O–H groups in total. The number of aryl methyl sites for hydroxylation is 2. The van der Waals surface area contributed by atoms with Crippen molar-refractivity contribution in [2.45, 2.75) is 20.4 Å². The number of benzene rings is 2. The Bertz CT molecular complexity index is 1050. The lowest BCUT2D eigenvalue weighted by molar-refractivity contribution is 0.0601. The van der Waals surface area contributed by atoms with Crippen molar-refractivity contribution in [3.05, 3.63) is 82.8 Å². The number of hydrogen-bond donors (Lipinski definition) is 2. The molecule has 2 aromatic carbocycles. The maximum absolute atomic E-state index is 12.6. The molecule has 0 aliphatic heterocycles. The lowest BCUT2D eigenvalue weighted by Crippen LogP contribution is -2.24. The van der Waals surface area contributed by atoms with Crippen molar-refractivity contribution in [1.82, 2.24) is 15.3 Å². The molecule has 0 saturated heterocycles. The molecule has 0 unspecified atom stereocenters. The van der Waals surface area contributed by atoms with Crippen LogP contribution in [0.25, 0.3) is 0 Å². The maximum Gasteiger partial charge on any atom is 0.339 e. The van der Waals surface area contributed by atoms with Crippen LogP contribution in [0.5, 0.6) is 0 Å². The summed E-state index contributed by atoms with van der Waals surface area (Å²) >= 11 is 0. The summed E-state index contributed by atoms with van der Waals surface area (Å²) < 4.78 is 4.81. The number of aromatic nitrogens is 2. The highest BCUT2D eigenvalue weighted by atomic mass is 16.5.